The number of halogens is 1. The largest absolute Gasteiger partial charge is 0.489 e. The lowest BCUT2D eigenvalue weighted by Crippen LogP contribution is -2.42. The SMILES string of the molecule is CCOC(=O)c1ccc(N2C(=O)C3C4CC(C3C2=O)C2C4Sc3[nH]c(=O)sc3[C@@H]2c2cc(Cl)ccc2OCc2ccccc2)cc1. The van der Waals surface area contributed by atoms with E-state index in [0.29, 0.717) is 28.6 Å². The molecule has 0 spiro atoms. The maximum Gasteiger partial charge on any atom is 0.338 e. The Morgan fingerprint density at radius 1 is 0.978 bits per heavy atom. The highest BCUT2D eigenvalue weighted by Gasteiger charge is 2.69. The van der Waals surface area contributed by atoms with E-state index >= 15 is 0 Å². The predicted octanol–water partition coefficient (Wildman–Crippen LogP) is 6.52. The molecule has 6 unspecified atom stereocenters. The lowest BCUT2D eigenvalue weighted by molar-refractivity contribution is -0.123. The highest BCUT2D eigenvalue weighted by molar-refractivity contribution is 8.00. The number of carbonyl (C=O) groups excluding carboxylic acids is 3. The average molecular weight is 673 g/mol. The van der Waals surface area contributed by atoms with Crippen LogP contribution in [-0.2, 0) is 20.9 Å². The minimum atomic E-state index is -0.461. The van der Waals surface area contributed by atoms with E-state index in [-0.39, 0.29) is 52.2 Å². The second-order valence-electron chi connectivity index (χ2n) is 12.2. The molecule has 8 rings (SSSR count). The van der Waals surface area contributed by atoms with Gasteiger partial charge in [-0.1, -0.05) is 53.3 Å². The van der Waals surface area contributed by atoms with E-state index in [2.05, 4.69) is 4.98 Å². The van der Waals surface area contributed by atoms with Crippen LogP contribution in [0.1, 0.15) is 45.6 Å². The molecule has 2 bridgehead atoms. The van der Waals surface area contributed by atoms with Gasteiger partial charge in [-0.2, -0.15) is 0 Å². The fourth-order valence-corrected chi connectivity index (χ4v) is 11.3. The van der Waals surface area contributed by atoms with Crippen molar-refractivity contribution in [2.75, 3.05) is 11.5 Å². The zero-order valence-corrected chi connectivity index (χ0v) is 27.1. The lowest BCUT2D eigenvalue weighted by Gasteiger charge is -2.43. The second-order valence-corrected chi connectivity index (χ2v) is 14.8. The molecule has 4 aromatic rings. The van der Waals surface area contributed by atoms with E-state index in [0.717, 1.165) is 27.5 Å². The molecule has 3 fully saturated rings. The number of thiazole rings is 1. The Labute approximate surface area is 278 Å². The van der Waals surface area contributed by atoms with Gasteiger partial charge in [-0.05, 0) is 79.1 Å². The zero-order chi connectivity index (χ0) is 31.7. The molecule has 3 heterocycles. The van der Waals surface area contributed by atoms with Gasteiger partial charge in [0.05, 0.1) is 34.7 Å². The van der Waals surface area contributed by atoms with Crippen LogP contribution in [0.3, 0.4) is 0 Å². The third kappa shape index (κ3) is 4.64. The number of benzene rings is 3. The van der Waals surface area contributed by atoms with Gasteiger partial charge in [0, 0.05) is 26.6 Å². The normalized spacial score (nSPS) is 27.3. The van der Waals surface area contributed by atoms with Crippen LogP contribution in [0.5, 0.6) is 5.75 Å². The Hall–Kier alpha value is -3.86. The summed E-state index contributed by atoms with van der Waals surface area (Å²) in [5.74, 6) is -1.38. The number of nitrogens with one attached hydrogen (secondary N) is 1. The van der Waals surface area contributed by atoms with Crippen molar-refractivity contribution in [2.45, 2.75) is 36.1 Å². The van der Waals surface area contributed by atoms with E-state index in [1.165, 1.54) is 16.2 Å². The summed E-state index contributed by atoms with van der Waals surface area (Å²) in [5.41, 5.74) is 2.74. The van der Waals surface area contributed by atoms with Gasteiger partial charge in [-0.3, -0.25) is 19.3 Å². The van der Waals surface area contributed by atoms with Crippen LogP contribution >= 0.6 is 34.7 Å². The molecule has 3 aromatic carbocycles. The van der Waals surface area contributed by atoms with Crippen LogP contribution < -0.4 is 14.5 Å². The molecule has 2 aliphatic heterocycles. The molecule has 2 aliphatic carbocycles. The molecular weight excluding hydrogens is 644 g/mol. The maximum absolute atomic E-state index is 14.2. The van der Waals surface area contributed by atoms with Gasteiger partial charge < -0.3 is 14.5 Å². The summed E-state index contributed by atoms with van der Waals surface area (Å²) in [6, 6.07) is 22.0. The number of carbonyl (C=O) groups is 3. The molecule has 234 valence electrons. The predicted molar refractivity (Wildman–Crippen MR) is 176 cm³/mol. The number of thioether (sulfide) groups is 1. The summed E-state index contributed by atoms with van der Waals surface area (Å²) in [6.07, 6.45) is 0.765. The number of anilines is 1. The van der Waals surface area contributed by atoms with Gasteiger partial charge >= 0.3 is 10.8 Å². The van der Waals surface area contributed by atoms with E-state index in [9.17, 15) is 19.2 Å². The van der Waals surface area contributed by atoms with E-state index in [4.69, 9.17) is 21.1 Å². The topological polar surface area (TPSA) is 106 Å². The summed E-state index contributed by atoms with van der Waals surface area (Å²) < 4.78 is 11.5. The Kier molecular flexibility index (Phi) is 7.34. The first kappa shape index (κ1) is 29.5. The number of hydrogen-bond donors (Lipinski definition) is 1. The lowest BCUT2D eigenvalue weighted by atomic mass is 9.68. The van der Waals surface area contributed by atoms with Crippen LogP contribution in [-0.4, -0.2) is 34.6 Å². The van der Waals surface area contributed by atoms with Crippen molar-refractivity contribution in [3.8, 4) is 5.75 Å². The van der Waals surface area contributed by atoms with Gasteiger partial charge in [0.25, 0.3) is 0 Å². The van der Waals surface area contributed by atoms with Crippen molar-refractivity contribution in [3.05, 3.63) is 109 Å². The minimum absolute atomic E-state index is 0.00404. The summed E-state index contributed by atoms with van der Waals surface area (Å²) >= 11 is 9.45. The maximum atomic E-state index is 14.2. The standard InChI is InChI=1S/C35H29ClN2O6S2/c1-2-43-34(41)18-8-11-20(12-9-18)38-32(39)27-22-15-23(28(27)33(38)40)29-26(22)25(30-31(45-29)37-35(42)46-30)21-14-19(36)10-13-24(21)44-16-17-6-4-3-5-7-17/h3-14,22-23,25-29H,2,15-16H2,1H3,(H,37,42)/t22?,23?,25-,26?,27?,28?,29?/m1/s1. The van der Waals surface area contributed by atoms with Gasteiger partial charge in [0.1, 0.15) is 12.4 Å². The number of imide groups is 1. The van der Waals surface area contributed by atoms with Crippen molar-refractivity contribution in [1.29, 1.82) is 0 Å². The summed E-state index contributed by atoms with van der Waals surface area (Å²) in [7, 11) is 0. The summed E-state index contributed by atoms with van der Waals surface area (Å²) in [4.78, 5) is 58.3. The second kappa shape index (κ2) is 11.4. The molecule has 2 saturated carbocycles. The highest BCUT2D eigenvalue weighted by Crippen LogP contribution is 2.69. The highest BCUT2D eigenvalue weighted by atomic mass is 35.5. The molecule has 1 N–H and O–H groups in total. The summed E-state index contributed by atoms with van der Waals surface area (Å²) in [6.45, 7) is 2.37. The number of fused-ring (bicyclic) bond motifs is 9. The number of ether oxygens (including phenoxy) is 2. The van der Waals surface area contributed by atoms with Crippen molar-refractivity contribution in [2.24, 2.45) is 29.6 Å². The number of aromatic nitrogens is 1. The van der Waals surface area contributed by atoms with Crippen molar-refractivity contribution in [3.63, 3.8) is 0 Å². The molecular formula is C35H29ClN2O6S2. The van der Waals surface area contributed by atoms with E-state index < -0.39 is 17.8 Å². The number of H-pyrrole nitrogens is 1. The van der Waals surface area contributed by atoms with Crippen molar-refractivity contribution >= 4 is 58.2 Å². The Balaban J connectivity index is 1.16. The van der Waals surface area contributed by atoms with Crippen LogP contribution in [0.4, 0.5) is 5.69 Å². The van der Waals surface area contributed by atoms with Crippen LogP contribution in [0.2, 0.25) is 5.02 Å². The first-order valence-corrected chi connectivity index (χ1v) is 17.4. The van der Waals surface area contributed by atoms with Crippen LogP contribution in [0.25, 0.3) is 0 Å². The summed E-state index contributed by atoms with van der Waals surface area (Å²) in [5, 5.41) is 1.41. The van der Waals surface area contributed by atoms with Gasteiger partial charge in [-0.15, -0.1) is 11.8 Å². The molecule has 8 nitrogen and oxygen atoms in total. The monoisotopic (exact) mass is 672 g/mol. The van der Waals surface area contributed by atoms with E-state index in [1.807, 2.05) is 48.5 Å². The van der Waals surface area contributed by atoms with Crippen molar-refractivity contribution in [1.82, 2.24) is 4.98 Å². The minimum Gasteiger partial charge on any atom is -0.489 e. The zero-order valence-electron chi connectivity index (χ0n) is 24.7. The quantitative estimate of drug-likeness (QED) is 0.176. The molecule has 1 saturated heterocycles. The number of amides is 2. The Morgan fingerprint density at radius 2 is 1.72 bits per heavy atom. The number of nitrogens with zero attached hydrogens (tertiary/aromatic N) is 1. The van der Waals surface area contributed by atoms with Gasteiger partial charge in [-0.25, -0.2) is 4.79 Å². The molecule has 7 atom stereocenters. The number of rotatable bonds is 7. The van der Waals surface area contributed by atoms with E-state index in [1.54, 1.807) is 43.0 Å². The average Bonchev–Trinajstić information content (AvgIpc) is 3.80. The molecule has 11 heteroatoms. The van der Waals surface area contributed by atoms with Gasteiger partial charge in [0.15, 0.2) is 0 Å². The number of hydrogen-bond acceptors (Lipinski definition) is 8. The van der Waals surface area contributed by atoms with Crippen molar-refractivity contribution < 1.29 is 23.9 Å². The first-order valence-electron chi connectivity index (χ1n) is 15.3. The van der Waals surface area contributed by atoms with Crippen LogP contribution in [0.15, 0.2) is 82.6 Å². The number of esters is 1. The number of aromatic amines is 1. The first-order chi connectivity index (χ1) is 22.3. The molecule has 46 heavy (non-hydrogen) atoms. The third-order valence-corrected chi connectivity index (χ3v) is 12.7. The van der Waals surface area contributed by atoms with Gasteiger partial charge in [0.2, 0.25) is 11.8 Å². The fraction of sp³-hybridized carbons (Fsp3) is 0.314. The molecule has 1 aromatic heterocycles. The van der Waals surface area contributed by atoms with Crippen LogP contribution in [0, 0.1) is 29.6 Å². The molecule has 2 amide bonds. The smallest absolute Gasteiger partial charge is 0.338 e. The Bertz CT molecular complexity index is 1930. The molecule has 0 radical (unpaired) electrons. The third-order valence-electron chi connectivity index (χ3n) is 9.90. The molecule has 4 aliphatic rings. The fourth-order valence-electron chi connectivity index (χ4n) is 8.21. The Morgan fingerprint density at radius 3 is 2.46 bits per heavy atom.